The second-order valence-corrected chi connectivity index (χ2v) is 5.30. The molecular weight excluding hydrogens is 306 g/mol. The molecule has 1 aromatic carbocycles. The number of carbonyl (C=O) groups is 1. The highest BCUT2D eigenvalue weighted by atomic mass is 79.9. The summed E-state index contributed by atoms with van der Waals surface area (Å²) in [4.78, 5) is 11.8. The molecule has 1 heterocycles. The zero-order chi connectivity index (χ0) is 13.3. The summed E-state index contributed by atoms with van der Waals surface area (Å²) in [7, 11) is 0. The number of alkyl halides is 2. The lowest BCUT2D eigenvalue weighted by molar-refractivity contribution is -0.118. The molecule has 18 heavy (non-hydrogen) atoms. The fraction of sp³-hybridized carbons (Fsp3) is 0.417. The van der Waals surface area contributed by atoms with Crippen LogP contribution in [-0.4, -0.2) is 24.4 Å². The average Bonchev–Trinajstić information content (AvgIpc) is 2.64. The summed E-state index contributed by atoms with van der Waals surface area (Å²) in [6.45, 7) is 1.45. The second-order valence-electron chi connectivity index (χ2n) is 4.45. The maximum absolute atomic E-state index is 13.0. The highest BCUT2D eigenvalue weighted by molar-refractivity contribution is 9.10. The molecule has 1 aromatic rings. The van der Waals surface area contributed by atoms with Crippen molar-refractivity contribution in [2.24, 2.45) is 0 Å². The van der Waals surface area contributed by atoms with Crippen molar-refractivity contribution >= 4 is 27.5 Å². The molecule has 98 valence electrons. The molecule has 1 amide bonds. The van der Waals surface area contributed by atoms with Crippen LogP contribution < -0.4 is 10.6 Å². The van der Waals surface area contributed by atoms with Crippen molar-refractivity contribution in [2.45, 2.75) is 25.3 Å². The lowest BCUT2D eigenvalue weighted by Crippen LogP contribution is -2.35. The van der Waals surface area contributed by atoms with Gasteiger partial charge in [-0.25, -0.2) is 8.78 Å². The van der Waals surface area contributed by atoms with Gasteiger partial charge in [0.05, 0.1) is 12.6 Å². The van der Waals surface area contributed by atoms with Crippen LogP contribution in [-0.2, 0) is 4.79 Å². The minimum absolute atomic E-state index is 0.422. The first-order valence-corrected chi connectivity index (χ1v) is 6.35. The zero-order valence-electron chi connectivity index (χ0n) is 9.77. The van der Waals surface area contributed by atoms with E-state index in [2.05, 4.69) is 26.6 Å². The van der Waals surface area contributed by atoms with E-state index in [9.17, 15) is 13.6 Å². The number of anilines is 1. The van der Waals surface area contributed by atoms with E-state index in [-0.39, 0.29) is 0 Å². The van der Waals surface area contributed by atoms with Gasteiger partial charge in [0, 0.05) is 16.6 Å². The Morgan fingerprint density at radius 1 is 1.56 bits per heavy atom. The Hall–Kier alpha value is -1.01. The number of nitrogens with one attached hydrogen (secondary N) is 2. The molecule has 1 aliphatic rings. The summed E-state index contributed by atoms with van der Waals surface area (Å²) < 4.78 is 26.9. The first-order valence-electron chi connectivity index (χ1n) is 5.56. The SMILES string of the molecule is Cc1cc(NC(=O)C2CC(F)(F)CN2)ccc1Br. The van der Waals surface area contributed by atoms with E-state index in [1.165, 1.54) is 0 Å². The maximum atomic E-state index is 13.0. The molecule has 0 bridgehead atoms. The molecule has 2 rings (SSSR count). The van der Waals surface area contributed by atoms with Crippen LogP contribution in [0.15, 0.2) is 22.7 Å². The van der Waals surface area contributed by atoms with Crippen molar-refractivity contribution in [3.05, 3.63) is 28.2 Å². The molecule has 1 atom stereocenters. The fourth-order valence-electron chi connectivity index (χ4n) is 1.85. The van der Waals surface area contributed by atoms with E-state index in [0.717, 1.165) is 10.0 Å². The Kier molecular flexibility index (Phi) is 3.68. The van der Waals surface area contributed by atoms with Gasteiger partial charge in [-0.15, -0.1) is 0 Å². The molecule has 1 unspecified atom stereocenters. The molecule has 3 nitrogen and oxygen atoms in total. The van der Waals surface area contributed by atoms with Crippen molar-refractivity contribution in [1.29, 1.82) is 0 Å². The lowest BCUT2D eigenvalue weighted by atomic mass is 10.1. The summed E-state index contributed by atoms with van der Waals surface area (Å²) in [6.07, 6.45) is -0.450. The number of hydrogen-bond acceptors (Lipinski definition) is 2. The number of benzene rings is 1. The predicted molar refractivity (Wildman–Crippen MR) is 68.9 cm³/mol. The Labute approximate surface area is 112 Å². The molecule has 1 aliphatic heterocycles. The van der Waals surface area contributed by atoms with Crippen molar-refractivity contribution in [3.8, 4) is 0 Å². The molecule has 0 aliphatic carbocycles. The molecule has 1 fully saturated rings. The standard InChI is InChI=1S/C12H13BrF2N2O/c1-7-4-8(2-3-9(7)13)17-11(18)10-5-12(14,15)6-16-10/h2-4,10,16H,5-6H2,1H3,(H,17,18). The highest BCUT2D eigenvalue weighted by Gasteiger charge is 2.42. The first kappa shape index (κ1) is 13.4. The smallest absolute Gasteiger partial charge is 0.262 e. The van der Waals surface area contributed by atoms with Crippen LogP contribution in [0.5, 0.6) is 0 Å². The van der Waals surface area contributed by atoms with Crippen LogP contribution >= 0.6 is 15.9 Å². The Morgan fingerprint density at radius 2 is 2.28 bits per heavy atom. The third-order valence-electron chi connectivity index (χ3n) is 2.85. The van der Waals surface area contributed by atoms with E-state index in [4.69, 9.17) is 0 Å². The van der Waals surface area contributed by atoms with Gasteiger partial charge in [0.1, 0.15) is 0 Å². The number of aryl methyl sites for hydroxylation is 1. The second kappa shape index (κ2) is 4.93. The van der Waals surface area contributed by atoms with E-state index in [1.807, 2.05) is 13.0 Å². The van der Waals surface area contributed by atoms with Gasteiger partial charge in [0.15, 0.2) is 0 Å². The number of carbonyl (C=O) groups excluding carboxylic acids is 1. The van der Waals surface area contributed by atoms with E-state index in [1.54, 1.807) is 12.1 Å². The molecule has 0 radical (unpaired) electrons. The van der Waals surface area contributed by atoms with Crippen LogP contribution in [0.1, 0.15) is 12.0 Å². The van der Waals surface area contributed by atoms with Crippen molar-refractivity contribution < 1.29 is 13.6 Å². The summed E-state index contributed by atoms with van der Waals surface area (Å²) >= 11 is 3.35. The first-order chi connectivity index (χ1) is 8.37. The third-order valence-corrected chi connectivity index (χ3v) is 3.74. The molecule has 6 heteroatoms. The van der Waals surface area contributed by atoms with Gasteiger partial charge in [-0.2, -0.15) is 0 Å². The van der Waals surface area contributed by atoms with Gasteiger partial charge >= 0.3 is 0 Å². The van der Waals surface area contributed by atoms with Crippen LogP contribution in [0, 0.1) is 6.92 Å². The monoisotopic (exact) mass is 318 g/mol. The number of halogens is 3. The third kappa shape index (κ3) is 3.05. The van der Waals surface area contributed by atoms with Gasteiger partial charge in [0.2, 0.25) is 5.91 Å². The van der Waals surface area contributed by atoms with E-state index < -0.39 is 30.8 Å². The molecule has 0 saturated carbocycles. The molecule has 2 N–H and O–H groups in total. The van der Waals surface area contributed by atoms with Crippen LogP contribution in [0.3, 0.4) is 0 Å². The van der Waals surface area contributed by atoms with Gasteiger partial charge < -0.3 is 5.32 Å². The van der Waals surface area contributed by atoms with E-state index >= 15 is 0 Å². The van der Waals surface area contributed by atoms with Crippen LogP contribution in [0.25, 0.3) is 0 Å². The predicted octanol–water partition coefficient (Wildman–Crippen LogP) is 2.69. The van der Waals surface area contributed by atoms with Crippen LogP contribution in [0.4, 0.5) is 14.5 Å². The molecule has 0 spiro atoms. The molecular formula is C12H13BrF2N2O. The lowest BCUT2D eigenvalue weighted by Gasteiger charge is -2.12. The quantitative estimate of drug-likeness (QED) is 0.880. The summed E-state index contributed by atoms with van der Waals surface area (Å²) in [6, 6.07) is 4.49. The Balaban J connectivity index is 2.01. The molecule has 1 saturated heterocycles. The number of amides is 1. The summed E-state index contributed by atoms with van der Waals surface area (Å²) in [5.41, 5.74) is 1.58. The largest absolute Gasteiger partial charge is 0.325 e. The highest BCUT2D eigenvalue weighted by Crippen LogP contribution is 2.26. The van der Waals surface area contributed by atoms with Gasteiger partial charge in [0.25, 0.3) is 5.92 Å². The topological polar surface area (TPSA) is 41.1 Å². The van der Waals surface area contributed by atoms with Crippen molar-refractivity contribution in [3.63, 3.8) is 0 Å². The van der Waals surface area contributed by atoms with Gasteiger partial charge in [-0.1, -0.05) is 15.9 Å². The van der Waals surface area contributed by atoms with Gasteiger partial charge in [-0.05, 0) is 30.7 Å². The molecule has 0 aromatic heterocycles. The minimum Gasteiger partial charge on any atom is -0.325 e. The number of rotatable bonds is 2. The van der Waals surface area contributed by atoms with Crippen molar-refractivity contribution in [2.75, 3.05) is 11.9 Å². The summed E-state index contributed by atoms with van der Waals surface area (Å²) in [5, 5.41) is 5.16. The Bertz CT molecular complexity index is 479. The van der Waals surface area contributed by atoms with Gasteiger partial charge in [-0.3, -0.25) is 10.1 Å². The zero-order valence-corrected chi connectivity index (χ0v) is 11.4. The van der Waals surface area contributed by atoms with E-state index in [0.29, 0.717) is 5.69 Å². The van der Waals surface area contributed by atoms with Crippen LogP contribution in [0.2, 0.25) is 0 Å². The fourth-order valence-corrected chi connectivity index (χ4v) is 2.10. The Morgan fingerprint density at radius 3 is 2.83 bits per heavy atom. The average molecular weight is 319 g/mol. The maximum Gasteiger partial charge on any atom is 0.262 e. The minimum atomic E-state index is -2.79. The summed E-state index contributed by atoms with van der Waals surface area (Å²) in [5.74, 6) is -3.22. The van der Waals surface area contributed by atoms with Crippen molar-refractivity contribution in [1.82, 2.24) is 5.32 Å². The number of hydrogen-bond donors (Lipinski definition) is 2. The normalized spacial score (nSPS) is 21.9.